The number of ether oxygens (including phenoxy) is 2. The number of nitrogens with zero attached hydrogens (tertiary/aromatic N) is 2. The van der Waals surface area contributed by atoms with Gasteiger partial charge in [-0.15, -0.1) is 0 Å². The summed E-state index contributed by atoms with van der Waals surface area (Å²) < 4.78 is 13.7. The summed E-state index contributed by atoms with van der Waals surface area (Å²) >= 11 is 0. The molecule has 1 atom stereocenters. The number of hydrogen-bond acceptors (Lipinski definition) is 4. The van der Waals surface area contributed by atoms with Gasteiger partial charge in [0.1, 0.15) is 19.0 Å². The van der Waals surface area contributed by atoms with Crippen molar-refractivity contribution in [3.05, 3.63) is 41.5 Å². The molecule has 0 saturated heterocycles. The van der Waals surface area contributed by atoms with Crippen LogP contribution in [0.3, 0.4) is 0 Å². The highest BCUT2D eigenvalue weighted by Gasteiger charge is 2.22. The third-order valence-electron chi connectivity index (χ3n) is 4.60. The van der Waals surface area contributed by atoms with Gasteiger partial charge in [0, 0.05) is 37.3 Å². The second-order valence-electron chi connectivity index (χ2n) is 6.35. The van der Waals surface area contributed by atoms with Crippen LogP contribution in [0.25, 0.3) is 0 Å². The zero-order valence-electron chi connectivity index (χ0n) is 13.5. The van der Waals surface area contributed by atoms with Gasteiger partial charge in [-0.1, -0.05) is 12.1 Å². The van der Waals surface area contributed by atoms with Gasteiger partial charge < -0.3 is 19.4 Å². The fourth-order valence-electron chi connectivity index (χ4n) is 3.56. The lowest BCUT2D eigenvalue weighted by Gasteiger charge is -2.24. The second-order valence-corrected chi connectivity index (χ2v) is 6.35. The van der Waals surface area contributed by atoms with E-state index in [1.54, 1.807) is 0 Å². The van der Waals surface area contributed by atoms with Crippen LogP contribution < -0.4 is 14.8 Å². The number of rotatable bonds is 4. The number of para-hydroxylation sites is 1. The first-order valence-corrected chi connectivity index (χ1v) is 8.43. The Bertz CT molecular complexity index is 696. The molecule has 5 nitrogen and oxygen atoms in total. The molecule has 1 aromatic carbocycles. The summed E-state index contributed by atoms with van der Waals surface area (Å²) in [5, 5.41) is 3.58. The number of imidazole rings is 1. The molecule has 122 valence electrons. The van der Waals surface area contributed by atoms with Crippen LogP contribution in [0, 0.1) is 6.92 Å². The van der Waals surface area contributed by atoms with Gasteiger partial charge in [-0.05, 0) is 25.8 Å². The van der Waals surface area contributed by atoms with E-state index < -0.39 is 0 Å². The minimum absolute atomic E-state index is 0.495. The van der Waals surface area contributed by atoms with Crippen molar-refractivity contribution in [3.63, 3.8) is 0 Å². The van der Waals surface area contributed by atoms with Gasteiger partial charge >= 0.3 is 0 Å². The van der Waals surface area contributed by atoms with E-state index in [9.17, 15) is 0 Å². The maximum atomic E-state index is 5.78. The second kappa shape index (κ2) is 6.24. The van der Waals surface area contributed by atoms with E-state index in [1.165, 1.54) is 18.7 Å². The molecule has 0 saturated carbocycles. The van der Waals surface area contributed by atoms with Crippen LogP contribution in [0.1, 0.15) is 35.8 Å². The number of nitrogens with one attached hydrogen (secondary N) is 1. The zero-order valence-corrected chi connectivity index (χ0v) is 13.5. The highest BCUT2D eigenvalue weighted by molar-refractivity contribution is 5.47. The van der Waals surface area contributed by atoms with Crippen molar-refractivity contribution in [2.75, 3.05) is 19.8 Å². The SMILES string of the molecule is Cc1cn2c(n1)C(CNCc1cccc3c1OCCO3)CCC2. The lowest BCUT2D eigenvalue weighted by Crippen LogP contribution is -2.27. The van der Waals surface area contributed by atoms with Crippen molar-refractivity contribution in [1.29, 1.82) is 0 Å². The van der Waals surface area contributed by atoms with Crippen LogP contribution in [0.5, 0.6) is 11.5 Å². The van der Waals surface area contributed by atoms with Gasteiger partial charge in [-0.25, -0.2) is 4.98 Å². The molecule has 0 spiro atoms. The fourth-order valence-corrected chi connectivity index (χ4v) is 3.56. The minimum atomic E-state index is 0.495. The van der Waals surface area contributed by atoms with Crippen LogP contribution in [-0.4, -0.2) is 29.3 Å². The van der Waals surface area contributed by atoms with Crippen molar-refractivity contribution in [2.45, 2.75) is 38.8 Å². The number of benzene rings is 1. The summed E-state index contributed by atoms with van der Waals surface area (Å²) in [6.07, 6.45) is 4.60. The molecule has 1 unspecified atom stereocenters. The molecule has 1 N–H and O–H groups in total. The highest BCUT2D eigenvalue weighted by Crippen LogP contribution is 2.33. The molecule has 2 aromatic rings. The largest absolute Gasteiger partial charge is 0.486 e. The third-order valence-corrected chi connectivity index (χ3v) is 4.60. The smallest absolute Gasteiger partial charge is 0.165 e. The fraction of sp³-hybridized carbons (Fsp3) is 0.500. The van der Waals surface area contributed by atoms with E-state index in [0.29, 0.717) is 19.1 Å². The third kappa shape index (κ3) is 2.93. The van der Waals surface area contributed by atoms with Crippen molar-refractivity contribution < 1.29 is 9.47 Å². The maximum absolute atomic E-state index is 5.78. The Morgan fingerprint density at radius 2 is 2.22 bits per heavy atom. The van der Waals surface area contributed by atoms with Crippen molar-refractivity contribution in [3.8, 4) is 11.5 Å². The van der Waals surface area contributed by atoms with Crippen molar-refractivity contribution in [2.24, 2.45) is 0 Å². The molecule has 2 aliphatic rings. The Balaban J connectivity index is 1.41. The Kier molecular flexibility index (Phi) is 3.95. The van der Waals surface area contributed by atoms with Gasteiger partial charge in [0.25, 0.3) is 0 Å². The van der Waals surface area contributed by atoms with Crippen LogP contribution in [0.2, 0.25) is 0 Å². The predicted molar refractivity (Wildman–Crippen MR) is 88.1 cm³/mol. The standard InChI is InChI=1S/C18H23N3O2/c1-13-12-21-7-3-5-15(18(21)20-13)11-19-10-14-4-2-6-16-17(14)23-9-8-22-16/h2,4,6,12,15,19H,3,5,7-11H2,1H3. The van der Waals surface area contributed by atoms with Crippen LogP contribution >= 0.6 is 0 Å². The van der Waals surface area contributed by atoms with Crippen molar-refractivity contribution >= 4 is 0 Å². The molecule has 2 aliphatic heterocycles. The van der Waals surface area contributed by atoms with Gasteiger partial charge in [0.05, 0.1) is 5.69 Å². The first-order chi connectivity index (χ1) is 11.3. The first-order valence-electron chi connectivity index (χ1n) is 8.43. The zero-order chi connectivity index (χ0) is 15.6. The molecule has 0 bridgehead atoms. The Hall–Kier alpha value is -2.01. The predicted octanol–water partition coefficient (Wildman–Crippen LogP) is 2.63. The minimum Gasteiger partial charge on any atom is -0.486 e. The summed E-state index contributed by atoms with van der Waals surface area (Å²) in [7, 11) is 0. The summed E-state index contributed by atoms with van der Waals surface area (Å²) in [4.78, 5) is 4.71. The Labute approximate surface area is 136 Å². The number of hydrogen-bond donors (Lipinski definition) is 1. The molecule has 3 heterocycles. The monoisotopic (exact) mass is 313 g/mol. The summed E-state index contributed by atoms with van der Waals surface area (Å²) in [6, 6.07) is 6.10. The molecule has 23 heavy (non-hydrogen) atoms. The Morgan fingerprint density at radius 3 is 3.17 bits per heavy atom. The van der Waals surface area contributed by atoms with E-state index in [-0.39, 0.29) is 0 Å². The van der Waals surface area contributed by atoms with Crippen LogP contribution in [0.4, 0.5) is 0 Å². The summed E-state index contributed by atoms with van der Waals surface area (Å²) in [5.74, 6) is 3.48. The normalized spacial score (nSPS) is 19.4. The van der Waals surface area contributed by atoms with Gasteiger partial charge in [-0.2, -0.15) is 0 Å². The molecule has 0 fully saturated rings. The van der Waals surface area contributed by atoms with E-state index >= 15 is 0 Å². The van der Waals surface area contributed by atoms with Gasteiger partial charge in [0.15, 0.2) is 11.5 Å². The van der Waals surface area contributed by atoms with Crippen LogP contribution in [0.15, 0.2) is 24.4 Å². The molecule has 1 aromatic heterocycles. The molecule has 0 aliphatic carbocycles. The molecular formula is C18H23N3O2. The molecule has 5 heteroatoms. The lowest BCUT2D eigenvalue weighted by atomic mass is 9.99. The Morgan fingerprint density at radius 1 is 1.30 bits per heavy atom. The molecule has 0 radical (unpaired) electrons. The van der Waals surface area contributed by atoms with E-state index in [2.05, 4.69) is 29.1 Å². The summed E-state index contributed by atoms with van der Waals surface area (Å²) in [6.45, 7) is 6.18. The number of fused-ring (bicyclic) bond motifs is 2. The van der Waals surface area contributed by atoms with Gasteiger partial charge in [0.2, 0.25) is 0 Å². The quantitative estimate of drug-likeness (QED) is 0.943. The average Bonchev–Trinajstić information content (AvgIpc) is 2.96. The molecule has 0 amide bonds. The highest BCUT2D eigenvalue weighted by atomic mass is 16.6. The lowest BCUT2D eigenvalue weighted by molar-refractivity contribution is 0.169. The maximum Gasteiger partial charge on any atom is 0.165 e. The number of aryl methyl sites for hydroxylation is 2. The van der Waals surface area contributed by atoms with E-state index in [0.717, 1.165) is 42.4 Å². The number of aromatic nitrogens is 2. The van der Waals surface area contributed by atoms with E-state index in [1.807, 2.05) is 12.1 Å². The molecule has 4 rings (SSSR count). The summed E-state index contributed by atoms with van der Waals surface area (Å²) in [5.41, 5.74) is 2.28. The average molecular weight is 313 g/mol. The van der Waals surface area contributed by atoms with Crippen LogP contribution in [-0.2, 0) is 13.1 Å². The van der Waals surface area contributed by atoms with E-state index in [4.69, 9.17) is 14.5 Å². The first kappa shape index (κ1) is 14.6. The van der Waals surface area contributed by atoms with Crippen molar-refractivity contribution in [1.82, 2.24) is 14.9 Å². The molecular weight excluding hydrogens is 290 g/mol. The topological polar surface area (TPSA) is 48.3 Å². The van der Waals surface area contributed by atoms with Gasteiger partial charge in [-0.3, -0.25) is 0 Å².